The van der Waals surface area contributed by atoms with Crippen LogP contribution in [0.25, 0.3) is 5.69 Å². The van der Waals surface area contributed by atoms with Crippen LogP contribution in [0.5, 0.6) is 0 Å². The van der Waals surface area contributed by atoms with Crippen LogP contribution in [0.15, 0.2) is 60.7 Å². The molecule has 0 radical (unpaired) electrons. The second-order valence-electron chi connectivity index (χ2n) is 8.44. The molecule has 164 valence electrons. The zero-order valence-electron chi connectivity index (χ0n) is 18.0. The third kappa shape index (κ3) is 3.84. The monoisotopic (exact) mass is 431 g/mol. The number of piperidine rings is 1. The minimum Gasteiger partial charge on any atom is -0.441 e. The van der Waals surface area contributed by atoms with Gasteiger partial charge in [-0.15, -0.1) is 5.10 Å². The number of carbonyl (C=O) groups excluding carboxylic acids is 2. The van der Waals surface area contributed by atoms with Crippen molar-refractivity contribution in [2.75, 3.05) is 19.6 Å². The van der Waals surface area contributed by atoms with Crippen LogP contribution in [0.2, 0.25) is 0 Å². The molecule has 0 N–H and O–H groups in total. The van der Waals surface area contributed by atoms with Gasteiger partial charge in [-0.2, -0.15) is 9.90 Å². The molecule has 2 fully saturated rings. The molecule has 5 rings (SSSR count). The van der Waals surface area contributed by atoms with Gasteiger partial charge in [-0.3, -0.25) is 9.69 Å². The number of aryl methyl sites for hydroxylation is 1. The molecular formula is C24H25N5O3. The van der Waals surface area contributed by atoms with Gasteiger partial charge in [0.2, 0.25) is 0 Å². The molecule has 8 nitrogen and oxygen atoms in total. The fourth-order valence-electron chi connectivity index (χ4n) is 4.40. The number of hydrogen-bond acceptors (Lipinski definition) is 5. The third-order valence-corrected chi connectivity index (χ3v) is 6.19. The van der Waals surface area contributed by atoms with Crippen LogP contribution in [0, 0.1) is 6.92 Å². The number of carbonyl (C=O) groups is 2. The Labute approximate surface area is 186 Å². The molecule has 2 aromatic carbocycles. The van der Waals surface area contributed by atoms with Crippen LogP contribution in [0.3, 0.4) is 0 Å². The zero-order valence-corrected chi connectivity index (χ0v) is 18.0. The normalized spacial score (nSPS) is 17.6. The molecule has 2 aliphatic heterocycles. The molecule has 0 saturated carbocycles. The molecular weight excluding hydrogens is 406 g/mol. The number of nitrogens with zero attached hydrogens (tertiary/aromatic N) is 5. The van der Waals surface area contributed by atoms with Crippen molar-refractivity contribution in [2.24, 2.45) is 0 Å². The molecule has 2 amide bonds. The number of likely N-dealkylation sites (tertiary alicyclic amines) is 1. The number of ether oxygens (including phenoxy) is 1. The lowest BCUT2D eigenvalue weighted by atomic mass is 9.91. The fourth-order valence-corrected chi connectivity index (χ4v) is 4.40. The summed E-state index contributed by atoms with van der Waals surface area (Å²) in [5.74, 6) is -0.134. The third-order valence-electron chi connectivity index (χ3n) is 6.19. The van der Waals surface area contributed by atoms with Gasteiger partial charge in [0, 0.05) is 32.5 Å². The average Bonchev–Trinajstić information content (AvgIpc) is 3.35. The number of rotatable bonds is 4. The second kappa shape index (κ2) is 8.11. The molecule has 0 bridgehead atoms. The highest BCUT2D eigenvalue weighted by atomic mass is 16.6. The first-order valence-corrected chi connectivity index (χ1v) is 10.8. The Morgan fingerprint density at radius 1 is 1.00 bits per heavy atom. The number of hydrogen-bond donors (Lipinski definition) is 0. The summed E-state index contributed by atoms with van der Waals surface area (Å²) in [5.41, 5.74) is 2.31. The highest BCUT2D eigenvalue weighted by Crippen LogP contribution is 2.34. The Kier molecular flexibility index (Phi) is 5.13. The summed E-state index contributed by atoms with van der Waals surface area (Å²) in [6.07, 6.45) is 0.943. The summed E-state index contributed by atoms with van der Waals surface area (Å²) in [6.45, 7) is 3.91. The molecule has 0 unspecified atom stereocenters. The predicted octanol–water partition coefficient (Wildman–Crippen LogP) is 3.20. The summed E-state index contributed by atoms with van der Waals surface area (Å²) in [6, 6.07) is 19.4. The van der Waals surface area contributed by atoms with Crippen molar-refractivity contribution in [1.82, 2.24) is 24.8 Å². The van der Waals surface area contributed by atoms with Gasteiger partial charge in [0.25, 0.3) is 5.91 Å². The molecule has 1 aromatic heterocycles. The maximum atomic E-state index is 13.1. The molecule has 2 aliphatic rings. The minimum atomic E-state index is -0.528. The molecule has 3 heterocycles. The van der Waals surface area contributed by atoms with Gasteiger partial charge in [0.05, 0.1) is 17.9 Å². The van der Waals surface area contributed by atoms with Crippen LogP contribution < -0.4 is 0 Å². The Morgan fingerprint density at radius 2 is 1.66 bits per heavy atom. The highest BCUT2D eigenvalue weighted by Gasteiger charge is 2.47. The van der Waals surface area contributed by atoms with E-state index in [1.807, 2.05) is 60.7 Å². The van der Waals surface area contributed by atoms with Crippen molar-refractivity contribution in [1.29, 1.82) is 0 Å². The Bertz CT molecular complexity index is 1120. The quantitative estimate of drug-likeness (QED) is 0.634. The van der Waals surface area contributed by atoms with Gasteiger partial charge in [-0.05, 0) is 24.6 Å². The highest BCUT2D eigenvalue weighted by molar-refractivity contribution is 5.93. The van der Waals surface area contributed by atoms with Gasteiger partial charge in [-0.1, -0.05) is 48.5 Å². The first-order chi connectivity index (χ1) is 15.5. The van der Waals surface area contributed by atoms with E-state index in [9.17, 15) is 9.59 Å². The van der Waals surface area contributed by atoms with E-state index in [-0.39, 0.29) is 12.0 Å². The first kappa shape index (κ1) is 20.2. The van der Waals surface area contributed by atoms with Crippen molar-refractivity contribution in [3.63, 3.8) is 0 Å². The van der Waals surface area contributed by atoms with Gasteiger partial charge >= 0.3 is 6.09 Å². The summed E-state index contributed by atoms with van der Waals surface area (Å²) in [4.78, 5) is 30.6. The Morgan fingerprint density at radius 3 is 2.34 bits per heavy atom. The number of benzene rings is 2. The van der Waals surface area contributed by atoms with Gasteiger partial charge < -0.3 is 9.64 Å². The Hall–Kier alpha value is -3.68. The zero-order chi connectivity index (χ0) is 22.1. The van der Waals surface area contributed by atoms with E-state index in [2.05, 4.69) is 10.2 Å². The minimum absolute atomic E-state index is 0.134. The van der Waals surface area contributed by atoms with Crippen molar-refractivity contribution in [3.05, 3.63) is 77.6 Å². The standard InChI is InChI=1S/C24H25N5O3/c1-18-21(26-29(25-18)20-10-6-3-7-11-20)22(30)27-14-12-24(13-15-27)17-28(23(31)32-24)16-19-8-4-2-5-9-19/h2-11H,12-17H2,1H3. The summed E-state index contributed by atoms with van der Waals surface area (Å²) < 4.78 is 5.81. The largest absolute Gasteiger partial charge is 0.441 e. The summed E-state index contributed by atoms with van der Waals surface area (Å²) >= 11 is 0. The summed E-state index contributed by atoms with van der Waals surface area (Å²) in [7, 11) is 0. The number of amides is 2. The molecule has 32 heavy (non-hydrogen) atoms. The van der Waals surface area contributed by atoms with Crippen molar-refractivity contribution in [2.45, 2.75) is 31.9 Å². The summed E-state index contributed by atoms with van der Waals surface area (Å²) in [5, 5.41) is 8.85. The number of aromatic nitrogens is 3. The molecule has 0 atom stereocenters. The van der Waals surface area contributed by atoms with E-state index in [0.717, 1.165) is 11.3 Å². The Balaban J connectivity index is 1.24. The SMILES string of the molecule is Cc1nn(-c2ccccc2)nc1C(=O)N1CCC2(CC1)CN(Cc1ccccc1)C(=O)O2. The van der Waals surface area contributed by atoms with Gasteiger partial charge in [0.15, 0.2) is 5.69 Å². The van der Waals surface area contributed by atoms with E-state index in [1.165, 1.54) is 4.80 Å². The van der Waals surface area contributed by atoms with Crippen LogP contribution in [0.1, 0.15) is 34.6 Å². The van der Waals surface area contributed by atoms with Crippen LogP contribution in [-0.2, 0) is 11.3 Å². The van der Waals surface area contributed by atoms with E-state index >= 15 is 0 Å². The van der Waals surface area contributed by atoms with Crippen molar-refractivity contribution in [3.8, 4) is 5.69 Å². The van der Waals surface area contributed by atoms with Crippen LogP contribution in [0.4, 0.5) is 4.79 Å². The lowest BCUT2D eigenvalue weighted by Crippen LogP contribution is -2.48. The first-order valence-electron chi connectivity index (χ1n) is 10.8. The van der Waals surface area contributed by atoms with Gasteiger partial charge in [-0.25, -0.2) is 4.79 Å². The van der Waals surface area contributed by atoms with Gasteiger partial charge in [0.1, 0.15) is 5.60 Å². The van der Waals surface area contributed by atoms with Crippen molar-refractivity contribution < 1.29 is 14.3 Å². The van der Waals surface area contributed by atoms with E-state index in [1.54, 1.807) is 16.7 Å². The average molecular weight is 431 g/mol. The molecule has 1 spiro atoms. The predicted molar refractivity (Wildman–Crippen MR) is 117 cm³/mol. The lowest BCUT2D eigenvalue weighted by molar-refractivity contribution is 0.00293. The lowest BCUT2D eigenvalue weighted by Gasteiger charge is -2.37. The fraction of sp³-hybridized carbons (Fsp3) is 0.333. The van der Waals surface area contributed by atoms with Crippen LogP contribution >= 0.6 is 0 Å². The molecule has 3 aromatic rings. The molecule has 0 aliphatic carbocycles. The van der Waals surface area contributed by atoms with Crippen molar-refractivity contribution >= 4 is 12.0 Å². The maximum Gasteiger partial charge on any atom is 0.410 e. The topological polar surface area (TPSA) is 80.6 Å². The van der Waals surface area contributed by atoms with Crippen LogP contribution in [-0.4, -0.2) is 62.0 Å². The van der Waals surface area contributed by atoms with E-state index < -0.39 is 5.60 Å². The van der Waals surface area contributed by atoms with E-state index in [4.69, 9.17) is 4.74 Å². The second-order valence-corrected chi connectivity index (χ2v) is 8.44. The van der Waals surface area contributed by atoms with E-state index in [0.29, 0.717) is 50.4 Å². The smallest absolute Gasteiger partial charge is 0.410 e. The number of para-hydroxylation sites is 1. The molecule has 2 saturated heterocycles. The molecule has 8 heteroatoms. The maximum absolute atomic E-state index is 13.1.